The Hall–Kier alpha value is -8.76. The largest absolute Gasteiger partial charge is 0.453 e. The molecule has 0 atom stereocenters. The standard InChI is InChI=1S/C68H39NOS/c1-3-16-42(17-4-1)67(43-18-5-2-6-19-43)53-26-12-13-27-57(53)69(59-39-61-50(38-56(59)67)46-22-9-14-29-60(46)71-61)58-28-15-23-47-48-35-37-55-64(66(48)70-65(47)58)49-34-32-40-30-31-41-33-36-54(63(49)62(40)41)68(55)51-24-10-7-20-44(51)45-21-8-11-25-52(45)68/h1-39H. The summed E-state index contributed by atoms with van der Waals surface area (Å²) in [6.45, 7) is 0. The van der Waals surface area contributed by atoms with Crippen LogP contribution in [0.5, 0.6) is 0 Å². The van der Waals surface area contributed by atoms with Gasteiger partial charge in [0.25, 0.3) is 0 Å². The number of hydrogen-bond donors (Lipinski definition) is 0. The van der Waals surface area contributed by atoms with Crippen LogP contribution in [0.25, 0.3) is 87.3 Å². The second-order valence-electron chi connectivity index (χ2n) is 19.7. The van der Waals surface area contributed by atoms with Gasteiger partial charge in [-0.25, -0.2) is 0 Å². The molecule has 71 heavy (non-hydrogen) atoms. The maximum absolute atomic E-state index is 7.77. The SMILES string of the molecule is C1=Cc2ccc3c4c(ccc1c24)-c1c(ccc2c1oc1c(N4c5ccccc5C(c5ccccc5)(c5ccccc5)c5cc6c(cc54)sc4ccccc46)cccc12)C31c2ccccc2-c2ccccc21. The van der Waals surface area contributed by atoms with E-state index in [1.165, 1.54) is 109 Å². The molecule has 0 bridgehead atoms. The van der Waals surface area contributed by atoms with Gasteiger partial charge in [-0.05, 0) is 113 Å². The van der Waals surface area contributed by atoms with Gasteiger partial charge in [-0.15, -0.1) is 11.3 Å². The van der Waals surface area contributed by atoms with Crippen molar-refractivity contribution in [3.8, 4) is 22.3 Å². The monoisotopic (exact) mass is 917 g/mol. The lowest BCUT2D eigenvalue weighted by molar-refractivity contribution is 0.666. The lowest BCUT2D eigenvalue weighted by Gasteiger charge is -2.46. The van der Waals surface area contributed by atoms with E-state index in [-0.39, 0.29) is 0 Å². The van der Waals surface area contributed by atoms with Crippen molar-refractivity contribution in [1.82, 2.24) is 0 Å². The van der Waals surface area contributed by atoms with Crippen LogP contribution in [-0.2, 0) is 10.8 Å². The summed E-state index contributed by atoms with van der Waals surface area (Å²) in [5.41, 5.74) is 21.6. The molecule has 4 aliphatic rings. The van der Waals surface area contributed by atoms with Crippen molar-refractivity contribution in [1.29, 1.82) is 0 Å². The summed E-state index contributed by atoms with van der Waals surface area (Å²) in [6, 6.07) is 84.5. The Morgan fingerprint density at radius 3 is 1.70 bits per heavy atom. The first kappa shape index (κ1) is 38.1. The van der Waals surface area contributed by atoms with Gasteiger partial charge in [-0.3, -0.25) is 0 Å². The summed E-state index contributed by atoms with van der Waals surface area (Å²) in [4.78, 5) is 2.52. The van der Waals surface area contributed by atoms with Crippen LogP contribution in [0.15, 0.2) is 229 Å². The number of para-hydroxylation sites is 2. The number of nitrogens with zero attached hydrogens (tertiary/aromatic N) is 1. The van der Waals surface area contributed by atoms with Gasteiger partial charge in [0, 0.05) is 36.5 Å². The number of rotatable bonds is 3. The fraction of sp³-hybridized carbons (Fsp3) is 0.0294. The van der Waals surface area contributed by atoms with Crippen LogP contribution >= 0.6 is 11.3 Å². The summed E-state index contributed by atoms with van der Waals surface area (Å²) in [5.74, 6) is 0. The first-order valence-electron chi connectivity index (χ1n) is 24.7. The molecule has 0 unspecified atom stereocenters. The van der Waals surface area contributed by atoms with Crippen LogP contribution in [-0.4, -0.2) is 0 Å². The number of benzene rings is 11. The van der Waals surface area contributed by atoms with E-state index in [9.17, 15) is 0 Å². The molecule has 3 heteroatoms. The van der Waals surface area contributed by atoms with E-state index in [4.69, 9.17) is 4.42 Å². The highest BCUT2D eigenvalue weighted by molar-refractivity contribution is 7.25. The lowest BCUT2D eigenvalue weighted by atomic mass is 9.61. The number of anilines is 3. The molecule has 2 aromatic heterocycles. The molecule has 1 spiro atoms. The normalized spacial score (nSPS) is 14.9. The Morgan fingerprint density at radius 1 is 0.338 bits per heavy atom. The molecule has 11 aromatic carbocycles. The van der Waals surface area contributed by atoms with Gasteiger partial charge in [0.05, 0.1) is 27.9 Å². The van der Waals surface area contributed by atoms with Crippen molar-refractivity contribution in [3.05, 3.63) is 280 Å². The highest BCUT2D eigenvalue weighted by atomic mass is 32.1. The van der Waals surface area contributed by atoms with E-state index in [0.29, 0.717) is 0 Å². The Bertz CT molecular complexity index is 4440. The molecule has 0 saturated heterocycles. The highest BCUT2D eigenvalue weighted by Gasteiger charge is 2.52. The summed E-state index contributed by atoms with van der Waals surface area (Å²) in [5, 5.41) is 7.43. The van der Waals surface area contributed by atoms with E-state index in [2.05, 4.69) is 242 Å². The number of fused-ring (bicyclic) bond motifs is 18. The Balaban J connectivity index is 1.00. The zero-order valence-electron chi connectivity index (χ0n) is 38.3. The summed E-state index contributed by atoms with van der Waals surface area (Å²) in [7, 11) is 0. The van der Waals surface area contributed by atoms with Crippen LogP contribution in [0.2, 0.25) is 0 Å². The summed E-state index contributed by atoms with van der Waals surface area (Å²) < 4.78 is 10.3. The third-order valence-corrected chi connectivity index (χ3v) is 17.8. The minimum Gasteiger partial charge on any atom is -0.453 e. The average molecular weight is 918 g/mol. The maximum Gasteiger partial charge on any atom is 0.159 e. The molecule has 0 saturated carbocycles. The molecule has 0 N–H and O–H groups in total. The van der Waals surface area contributed by atoms with Crippen molar-refractivity contribution in [2.45, 2.75) is 10.8 Å². The van der Waals surface area contributed by atoms with Gasteiger partial charge in [0.2, 0.25) is 0 Å². The number of hydrogen-bond acceptors (Lipinski definition) is 3. The molecule has 0 fully saturated rings. The first-order valence-corrected chi connectivity index (χ1v) is 25.5. The van der Waals surface area contributed by atoms with Crippen LogP contribution < -0.4 is 4.90 Å². The van der Waals surface area contributed by atoms with E-state index in [1.807, 2.05) is 11.3 Å². The second-order valence-corrected chi connectivity index (χ2v) is 20.8. The van der Waals surface area contributed by atoms with E-state index < -0.39 is 10.8 Å². The zero-order chi connectivity index (χ0) is 46.2. The molecular formula is C68H39NOS. The van der Waals surface area contributed by atoms with E-state index >= 15 is 0 Å². The minimum absolute atomic E-state index is 0.552. The summed E-state index contributed by atoms with van der Waals surface area (Å²) in [6.07, 6.45) is 4.58. The third-order valence-electron chi connectivity index (χ3n) is 16.7. The zero-order valence-corrected chi connectivity index (χ0v) is 39.1. The van der Waals surface area contributed by atoms with Crippen molar-refractivity contribution < 1.29 is 4.42 Å². The highest BCUT2D eigenvalue weighted by Crippen LogP contribution is 2.65. The average Bonchev–Trinajstić information content (AvgIpc) is 4.22. The Kier molecular flexibility index (Phi) is 7.26. The molecule has 328 valence electrons. The van der Waals surface area contributed by atoms with E-state index in [0.717, 1.165) is 39.0 Å². The fourth-order valence-electron chi connectivity index (χ4n) is 14.0. The quantitative estimate of drug-likeness (QED) is 0.176. The Morgan fingerprint density at radius 2 is 0.944 bits per heavy atom. The second kappa shape index (κ2) is 13.5. The molecule has 2 nitrogen and oxygen atoms in total. The molecular weight excluding hydrogens is 879 g/mol. The van der Waals surface area contributed by atoms with Crippen LogP contribution in [0.3, 0.4) is 0 Å². The molecule has 0 radical (unpaired) electrons. The van der Waals surface area contributed by atoms with Gasteiger partial charge in [-0.1, -0.05) is 206 Å². The van der Waals surface area contributed by atoms with Gasteiger partial charge in [-0.2, -0.15) is 0 Å². The maximum atomic E-state index is 7.77. The molecule has 13 aromatic rings. The molecule has 3 aliphatic carbocycles. The van der Waals surface area contributed by atoms with E-state index in [1.54, 1.807) is 0 Å². The molecule has 3 heterocycles. The van der Waals surface area contributed by atoms with Crippen molar-refractivity contribution in [2.75, 3.05) is 4.90 Å². The smallest absolute Gasteiger partial charge is 0.159 e. The van der Waals surface area contributed by atoms with Gasteiger partial charge in [0.15, 0.2) is 5.58 Å². The first-order chi connectivity index (χ1) is 35.2. The molecule has 0 amide bonds. The van der Waals surface area contributed by atoms with Crippen LogP contribution in [0.4, 0.5) is 17.1 Å². The topological polar surface area (TPSA) is 16.4 Å². The van der Waals surface area contributed by atoms with Crippen molar-refractivity contribution in [2.24, 2.45) is 0 Å². The number of thiophene rings is 1. The fourth-order valence-corrected chi connectivity index (χ4v) is 15.1. The van der Waals surface area contributed by atoms with Gasteiger partial charge in [0.1, 0.15) is 5.58 Å². The van der Waals surface area contributed by atoms with Gasteiger partial charge < -0.3 is 9.32 Å². The molecule has 1 aliphatic heterocycles. The molecule has 17 rings (SSSR count). The predicted octanol–water partition coefficient (Wildman–Crippen LogP) is 18.1. The Labute approximate surface area is 413 Å². The van der Waals surface area contributed by atoms with Crippen molar-refractivity contribution in [3.63, 3.8) is 0 Å². The minimum atomic E-state index is -0.631. The van der Waals surface area contributed by atoms with Crippen molar-refractivity contribution >= 4 is 93.4 Å². The third kappa shape index (κ3) is 4.55. The van der Waals surface area contributed by atoms with Crippen LogP contribution in [0.1, 0.15) is 55.6 Å². The lowest BCUT2D eigenvalue weighted by Crippen LogP contribution is -2.37. The number of furan rings is 1. The van der Waals surface area contributed by atoms with Crippen LogP contribution in [0, 0.1) is 0 Å². The van der Waals surface area contributed by atoms with Gasteiger partial charge >= 0.3 is 0 Å². The predicted molar refractivity (Wildman–Crippen MR) is 296 cm³/mol. The summed E-state index contributed by atoms with van der Waals surface area (Å²) >= 11 is 1.87.